The number of hydrogen-bond acceptors (Lipinski definition) is 5. The quantitative estimate of drug-likeness (QED) is 0.735. The smallest absolute Gasteiger partial charge is 0.321 e. The van der Waals surface area contributed by atoms with Crippen molar-refractivity contribution in [2.45, 2.75) is 49.6 Å². The van der Waals surface area contributed by atoms with Gasteiger partial charge in [-0.3, -0.25) is 10.1 Å². The van der Waals surface area contributed by atoms with Gasteiger partial charge in [-0.2, -0.15) is 0 Å². The number of carbonyl (C=O) groups excluding carboxylic acids is 2. The van der Waals surface area contributed by atoms with Crippen LogP contribution in [0.25, 0.3) is 0 Å². The Labute approximate surface area is 173 Å². The molecule has 0 bridgehead atoms. The van der Waals surface area contributed by atoms with Crippen LogP contribution < -0.4 is 10.6 Å². The van der Waals surface area contributed by atoms with E-state index in [-0.39, 0.29) is 18.0 Å². The highest BCUT2D eigenvalue weighted by atomic mass is 32.2. The van der Waals surface area contributed by atoms with E-state index < -0.39 is 0 Å². The summed E-state index contributed by atoms with van der Waals surface area (Å²) < 4.78 is 0. The maximum atomic E-state index is 13.0. The van der Waals surface area contributed by atoms with Crippen molar-refractivity contribution in [2.75, 3.05) is 18.1 Å². The molecule has 2 aromatic rings. The number of nitrogens with zero attached hydrogens (tertiary/aromatic N) is 2. The Kier molecular flexibility index (Phi) is 5.87. The van der Waals surface area contributed by atoms with Crippen LogP contribution in [-0.4, -0.2) is 40.7 Å². The topological polar surface area (TPSA) is 74.3 Å². The summed E-state index contributed by atoms with van der Waals surface area (Å²) in [5, 5.41) is 6.50. The van der Waals surface area contributed by atoms with Gasteiger partial charge in [0.25, 0.3) is 5.91 Å². The SMILES string of the molecule is CSc1ccccc1C(=O)N1CCc2nc(NC(=O)NC3CCCC3)sc2C1. The van der Waals surface area contributed by atoms with Gasteiger partial charge in [-0.1, -0.05) is 36.3 Å². The Hall–Kier alpha value is -2.06. The number of thioether (sulfide) groups is 1. The predicted octanol–water partition coefficient (Wildman–Crippen LogP) is 4.13. The van der Waals surface area contributed by atoms with Crippen molar-refractivity contribution in [2.24, 2.45) is 0 Å². The molecule has 8 heteroatoms. The first-order valence-electron chi connectivity index (χ1n) is 9.62. The molecule has 2 N–H and O–H groups in total. The number of thiazole rings is 1. The zero-order valence-corrected chi connectivity index (χ0v) is 17.5. The highest BCUT2D eigenvalue weighted by molar-refractivity contribution is 7.98. The van der Waals surface area contributed by atoms with Crippen molar-refractivity contribution in [3.63, 3.8) is 0 Å². The van der Waals surface area contributed by atoms with Gasteiger partial charge in [-0.25, -0.2) is 9.78 Å². The minimum Gasteiger partial charge on any atom is -0.335 e. The Balaban J connectivity index is 1.41. The monoisotopic (exact) mass is 416 g/mol. The van der Waals surface area contributed by atoms with Crippen molar-refractivity contribution < 1.29 is 9.59 Å². The molecular weight excluding hydrogens is 392 g/mol. The number of rotatable bonds is 4. The minimum absolute atomic E-state index is 0.0532. The Morgan fingerprint density at radius 3 is 2.82 bits per heavy atom. The Bertz CT molecular complexity index is 877. The molecule has 1 saturated carbocycles. The van der Waals surface area contributed by atoms with E-state index in [1.54, 1.807) is 11.8 Å². The third-order valence-electron chi connectivity index (χ3n) is 5.27. The maximum absolute atomic E-state index is 13.0. The predicted molar refractivity (Wildman–Crippen MR) is 113 cm³/mol. The first-order valence-corrected chi connectivity index (χ1v) is 11.7. The molecule has 2 heterocycles. The lowest BCUT2D eigenvalue weighted by Gasteiger charge is -2.26. The van der Waals surface area contributed by atoms with E-state index in [9.17, 15) is 9.59 Å². The lowest BCUT2D eigenvalue weighted by Crippen LogP contribution is -2.36. The van der Waals surface area contributed by atoms with Gasteiger partial charge < -0.3 is 10.2 Å². The molecule has 28 heavy (non-hydrogen) atoms. The molecule has 0 saturated heterocycles. The summed E-state index contributed by atoms with van der Waals surface area (Å²) in [5.41, 5.74) is 1.74. The Morgan fingerprint density at radius 1 is 1.25 bits per heavy atom. The number of hydrogen-bond donors (Lipinski definition) is 2. The van der Waals surface area contributed by atoms with E-state index in [0.29, 0.717) is 24.6 Å². The molecule has 2 aliphatic rings. The van der Waals surface area contributed by atoms with Crippen molar-refractivity contribution in [3.8, 4) is 0 Å². The zero-order valence-electron chi connectivity index (χ0n) is 15.9. The standard InChI is InChI=1S/C20H24N4O2S2/c1-27-16-9-5-4-8-14(16)18(25)24-11-10-15-17(12-24)28-20(22-15)23-19(26)21-13-6-2-3-7-13/h4-5,8-9,13H,2-3,6-7,10-12H2,1H3,(H2,21,22,23,26). The first kappa shape index (κ1) is 19.3. The molecule has 0 unspecified atom stereocenters. The summed E-state index contributed by atoms with van der Waals surface area (Å²) in [5.74, 6) is 0.0532. The molecule has 1 aromatic heterocycles. The van der Waals surface area contributed by atoms with Crippen LogP contribution in [0.1, 0.15) is 46.6 Å². The molecule has 0 spiro atoms. The average molecular weight is 417 g/mol. The molecule has 1 fully saturated rings. The van der Waals surface area contributed by atoms with Crippen LogP contribution in [0, 0.1) is 0 Å². The molecule has 0 radical (unpaired) electrons. The lowest BCUT2D eigenvalue weighted by molar-refractivity contribution is 0.0732. The van der Waals surface area contributed by atoms with E-state index in [4.69, 9.17) is 0 Å². The van der Waals surface area contributed by atoms with E-state index in [1.807, 2.05) is 35.4 Å². The molecule has 3 amide bonds. The van der Waals surface area contributed by atoms with Crippen LogP contribution in [0.2, 0.25) is 0 Å². The van der Waals surface area contributed by atoms with Crippen LogP contribution in [0.15, 0.2) is 29.2 Å². The highest BCUT2D eigenvalue weighted by Crippen LogP contribution is 2.30. The number of aromatic nitrogens is 1. The summed E-state index contributed by atoms with van der Waals surface area (Å²) >= 11 is 3.05. The third-order valence-corrected chi connectivity index (χ3v) is 7.06. The molecule has 4 rings (SSSR count). The van der Waals surface area contributed by atoms with E-state index in [2.05, 4.69) is 15.6 Å². The molecule has 148 valence electrons. The number of benzene rings is 1. The van der Waals surface area contributed by atoms with E-state index in [0.717, 1.165) is 33.9 Å². The van der Waals surface area contributed by atoms with Gasteiger partial charge in [0.05, 0.1) is 17.8 Å². The second-order valence-electron chi connectivity index (χ2n) is 7.15. The maximum Gasteiger partial charge on any atom is 0.321 e. The second kappa shape index (κ2) is 8.53. The zero-order chi connectivity index (χ0) is 19.5. The molecule has 6 nitrogen and oxygen atoms in total. The fourth-order valence-corrected chi connectivity index (χ4v) is 5.41. The molecular formula is C20H24N4O2S2. The molecule has 0 atom stereocenters. The van der Waals surface area contributed by atoms with Crippen LogP contribution in [0.4, 0.5) is 9.93 Å². The van der Waals surface area contributed by atoms with E-state index >= 15 is 0 Å². The Morgan fingerprint density at radius 2 is 2.04 bits per heavy atom. The number of fused-ring (bicyclic) bond motifs is 1. The van der Waals surface area contributed by atoms with Crippen LogP contribution in [-0.2, 0) is 13.0 Å². The van der Waals surface area contributed by atoms with Crippen molar-refractivity contribution >= 4 is 40.2 Å². The van der Waals surface area contributed by atoms with E-state index in [1.165, 1.54) is 24.2 Å². The van der Waals surface area contributed by atoms with Crippen molar-refractivity contribution in [1.82, 2.24) is 15.2 Å². The number of urea groups is 1. The second-order valence-corrected chi connectivity index (χ2v) is 9.08. The number of carbonyl (C=O) groups is 2. The summed E-state index contributed by atoms with van der Waals surface area (Å²) in [4.78, 5) is 33.7. The number of amides is 3. The van der Waals surface area contributed by atoms with Crippen molar-refractivity contribution in [3.05, 3.63) is 40.4 Å². The highest BCUT2D eigenvalue weighted by Gasteiger charge is 2.26. The van der Waals surface area contributed by atoms with Crippen LogP contribution in [0.5, 0.6) is 0 Å². The fourth-order valence-electron chi connectivity index (χ4n) is 3.80. The average Bonchev–Trinajstić information content (AvgIpc) is 3.35. The minimum atomic E-state index is -0.181. The summed E-state index contributed by atoms with van der Waals surface area (Å²) in [6.07, 6.45) is 7.16. The molecule has 1 aliphatic heterocycles. The van der Waals surface area contributed by atoms with Gasteiger partial charge in [0.2, 0.25) is 0 Å². The number of anilines is 1. The van der Waals surface area contributed by atoms with Crippen LogP contribution >= 0.6 is 23.1 Å². The number of nitrogens with one attached hydrogen (secondary N) is 2. The van der Waals surface area contributed by atoms with Crippen LogP contribution in [0.3, 0.4) is 0 Å². The van der Waals surface area contributed by atoms with Gasteiger partial charge in [-0.15, -0.1) is 11.8 Å². The largest absolute Gasteiger partial charge is 0.335 e. The van der Waals surface area contributed by atoms with Gasteiger partial charge in [0, 0.05) is 28.8 Å². The first-order chi connectivity index (χ1) is 13.6. The summed E-state index contributed by atoms with van der Waals surface area (Å²) in [6.45, 7) is 1.19. The molecule has 1 aliphatic carbocycles. The summed E-state index contributed by atoms with van der Waals surface area (Å²) in [7, 11) is 0. The summed E-state index contributed by atoms with van der Waals surface area (Å²) in [6, 6.07) is 7.81. The van der Waals surface area contributed by atoms with Gasteiger partial charge in [0.15, 0.2) is 5.13 Å². The van der Waals surface area contributed by atoms with Gasteiger partial charge in [0.1, 0.15) is 0 Å². The van der Waals surface area contributed by atoms with Gasteiger partial charge >= 0.3 is 6.03 Å². The lowest BCUT2D eigenvalue weighted by atomic mass is 10.1. The normalized spacial score (nSPS) is 16.7. The fraction of sp³-hybridized carbons (Fsp3) is 0.450. The van der Waals surface area contributed by atoms with Crippen molar-refractivity contribution in [1.29, 1.82) is 0 Å². The molecule has 1 aromatic carbocycles. The third kappa shape index (κ3) is 4.17. The van der Waals surface area contributed by atoms with Gasteiger partial charge in [-0.05, 0) is 31.2 Å².